The van der Waals surface area contributed by atoms with Crippen molar-refractivity contribution in [1.82, 2.24) is 0 Å². The van der Waals surface area contributed by atoms with Gasteiger partial charge in [0, 0.05) is 0 Å². The first-order valence-electron chi connectivity index (χ1n) is 7.27. The average molecular weight is 256 g/mol. The van der Waals surface area contributed by atoms with Gasteiger partial charge in [0.25, 0.3) is 0 Å². The maximum Gasteiger partial charge on any atom is -0.0103 e. The molecular weight excluding hydrogens is 228 g/mol. The van der Waals surface area contributed by atoms with Gasteiger partial charge in [0.15, 0.2) is 0 Å². The first-order valence-corrected chi connectivity index (χ1v) is 7.27. The van der Waals surface area contributed by atoms with Gasteiger partial charge >= 0.3 is 0 Å². The predicted molar refractivity (Wildman–Crippen MR) is 87.0 cm³/mol. The molecule has 0 N–H and O–H groups in total. The zero-order chi connectivity index (χ0) is 14.6. The smallest absolute Gasteiger partial charge is 0.0103 e. The van der Waals surface area contributed by atoms with Crippen molar-refractivity contribution in [2.45, 2.75) is 41.5 Å². The number of hydrogen-bond acceptors (Lipinski definition) is 0. The third-order valence-corrected chi connectivity index (χ3v) is 4.15. The van der Waals surface area contributed by atoms with Crippen LogP contribution < -0.4 is 0 Å². The van der Waals surface area contributed by atoms with Gasteiger partial charge in [-0.15, -0.1) is 0 Å². The quantitative estimate of drug-likeness (QED) is 0.553. The molecular formula is C19H28. The van der Waals surface area contributed by atoms with Crippen molar-refractivity contribution in [3.05, 3.63) is 59.3 Å². The highest BCUT2D eigenvalue weighted by Gasteiger charge is 2.25. The molecule has 0 heterocycles. The Labute approximate surface area is 119 Å². The first kappa shape index (κ1) is 15.8. The third kappa shape index (κ3) is 3.59. The molecule has 0 fully saturated rings. The molecule has 3 unspecified atom stereocenters. The Morgan fingerprint density at radius 1 is 1.32 bits per heavy atom. The molecule has 1 rings (SSSR count). The van der Waals surface area contributed by atoms with Gasteiger partial charge in [0.1, 0.15) is 0 Å². The number of allylic oxidation sites excluding steroid dienone is 9. The summed E-state index contributed by atoms with van der Waals surface area (Å²) in [4.78, 5) is 0. The molecule has 0 nitrogen and oxygen atoms in total. The first-order chi connectivity index (χ1) is 8.92. The molecule has 0 heteroatoms. The monoisotopic (exact) mass is 256 g/mol. The Morgan fingerprint density at radius 2 is 1.95 bits per heavy atom. The zero-order valence-electron chi connectivity index (χ0n) is 13.3. The van der Waals surface area contributed by atoms with E-state index in [1.54, 1.807) is 0 Å². The summed E-state index contributed by atoms with van der Waals surface area (Å²) in [5, 5.41) is 0. The van der Waals surface area contributed by atoms with Crippen LogP contribution in [-0.2, 0) is 0 Å². The van der Waals surface area contributed by atoms with Crippen LogP contribution in [0.15, 0.2) is 59.3 Å². The van der Waals surface area contributed by atoms with E-state index in [-0.39, 0.29) is 0 Å². The van der Waals surface area contributed by atoms with Crippen LogP contribution in [0, 0.1) is 17.8 Å². The van der Waals surface area contributed by atoms with Gasteiger partial charge in [-0.2, -0.15) is 0 Å². The second kappa shape index (κ2) is 6.75. The molecule has 1 aliphatic carbocycles. The largest absolute Gasteiger partial charge is 0.0955 e. The van der Waals surface area contributed by atoms with Gasteiger partial charge in [-0.1, -0.05) is 62.0 Å². The van der Waals surface area contributed by atoms with Crippen LogP contribution in [0.2, 0.25) is 0 Å². The lowest BCUT2D eigenvalue weighted by Gasteiger charge is -2.31. The average Bonchev–Trinajstić information content (AvgIpc) is 2.34. The van der Waals surface area contributed by atoms with Crippen LogP contribution in [0.3, 0.4) is 0 Å². The zero-order valence-corrected chi connectivity index (χ0v) is 13.3. The van der Waals surface area contributed by atoms with Gasteiger partial charge < -0.3 is 0 Å². The minimum Gasteiger partial charge on any atom is -0.0955 e. The molecule has 0 bridgehead atoms. The topological polar surface area (TPSA) is 0 Å². The Hall–Kier alpha value is -1.30. The van der Waals surface area contributed by atoms with E-state index in [1.807, 2.05) is 0 Å². The minimum absolute atomic E-state index is 0.517. The summed E-state index contributed by atoms with van der Waals surface area (Å²) >= 11 is 0. The summed E-state index contributed by atoms with van der Waals surface area (Å²) < 4.78 is 0. The van der Waals surface area contributed by atoms with Gasteiger partial charge in [-0.3, -0.25) is 0 Å². The van der Waals surface area contributed by atoms with E-state index in [9.17, 15) is 0 Å². The summed E-state index contributed by atoms with van der Waals surface area (Å²) in [6.07, 6.45) is 11.4. The van der Waals surface area contributed by atoms with E-state index in [2.05, 4.69) is 78.5 Å². The Kier molecular flexibility index (Phi) is 5.60. The SMILES string of the molecule is C=C(C)C(=CC)C(=CC)C(C)C1C=CC(C)=CC1C. The van der Waals surface area contributed by atoms with Crippen molar-refractivity contribution in [2.75, 3.05) is 0 Å². The molecule has 0 amide bonds. The molecule has 0 spiro atoms. The molecule has 0 aromatic heterocycles. The van der Waals surface area contributed by atoms with Crippen molar-refractivity contribution >= 4 is 0 Å². The molecule has 3 atom stereocenters. The third-order valence-electron chi connectivity index (χ3n) is 4.15. The highest BCUT2D eigenvalue weighted by atomic mass is 14.3. The van der Waals surface area contributed by atoms with Gasteiger partial charge in [-0.05, 0) is 56.6 Å². The van der Waals surface area contributed by atoms with Gasteiger partial charge in [-0.25, -0.2) is 0 Å². The van der Waals surface area contributed by atoms with Gasteiger partial charge in [0.2, 0.25) is 0 Å². The van der Waals surface area contributed by atoms with E-state index in [1.165, 1.54) is 16.7 Å². The normalized spacial score (nSPS) is 26.1. The van der Waals surface area contributed by atoms with Crippen molar-refractivity contribution in [3.8, 4) is 0 Å². The van der Waals surface area contributed by atoms with Crippen molar-refractivity contribution < 1.29 is 0 Å². The standard InChI is InChI=1S/C19H28/c1-8-17(13(3)4)18(9-2)16(7)19-11-10-14(5)12-15(19)6/h8-12,15-16,19H,3H2,1-2,4-7H3. The lowest BCUT2D eigenvalue weighted by atomic mass is 9.74. The van der Waals surface area contributed by atoms with Crippen LogP contribution in [0.5, 0.6) is 0 Å². The van der Waals surface area contributed by atoms with E-state index in [4.69, 9.17) is 0 Å². The van der Waals surface area contributed by atoms with Crippen LogP contribution in [-0.4, -0.2) is 0 Å². The number of rotatable bonds is 4. The molecule has 0 aromatic carbocycles. The van der Waals surface area contributed by atoms with Crippen LogP contribution in [0.1, 0.15) is 41.5 Å². The fourth-order valence-electron chi connectivity index (χ4n) is 3.17. The second-order valence-electron chi connectivity index (χ2n) is 5.72. The maximum absolute atomic E-state index is 4.11. The Balaban J connectivity index is 3.02. The van der Waals surface area contributed by atoms with Crippen molar-refractivity contribution in [3.63, 3.8) is 0 Å². The summed E-state index contributed by atoms with van der Waals surface area (Å²) in [7, 11) is 0. The van der Waals surface area contributed by atoms with Gasteiger partial charge in [0.05, 0.1) is 0 Å². The van der Waals surface area contributed by atoms with Crippen LogP contribution >= 0.6 is 0 Å². The lowest BCUT2D eigenvalue weighted by Crippen LogP contribution is -2.21. The summed E-state index contributed by atoms with van der Waals surface area (Å²) in [6.45, 7) is 17.3. The van der Waals surface area contributed by atoms with E-state index >= 15 is 0 Å². The number of hydrogen-bond donors (Lipinski definition) is 0. The van der Waals surface area contributed by atoms with Crippen LogP contribution in [0.25, 0.3) is 0 Å². The lowest BCUT2D eigenvalue weighted by molar-refractivity contribution is 0.399. The highest BCUT2D eigenvalue weighted by Crippen LogP contribution is 2.36. The second-order valence-corrected chi connectivity index (χ2v) is 5.72. The van der Waals surface area contributed by atoms with Crippen LogP contribution in [0.4, 0.5) is 0 Å². The molecule has 0 aromatic rings. The fourth-order valence-corrected chi connectivity index (χ4v) is 3.17. The molecule has 0 radical (unpaired) electrons. The molecule has 1 aliphatic rings. The minimum atomic E-state index is 0.517. The van der Waals surface area contributed by atoms with Crippen molar-refractivity contribution in [1.29, 1.82) is 0 Å². The van der Waals surface area contributed by atoms with E-state index < -0.39 is 0 Å². The fraction of sp³-hybridized carbons (Fsp3) is 0.474. The Bertz CT molecular complexity index is 454. The molecule has 19 heavy (non-hydrogen) atoms. The summed E-state index contributed by atoms with van der Waals surface area (Å²) in [6, 6.07) is 0. The Morgan fingerprint density at radius 3 is 2.37 bits per heavy atom. The molecule has 0 saturated carbocycles. The molecule has 0 aliphatic heterocycles. The predicted octanol–water partition coefficient (Wildman–Crippen LogP) is 5.86. The van der Waals surface area contributed by atoms with E-state index in [0.717, 1.165) is 5.57 Å². The molecule has 104 valence electrons. The van der Waals surface area contributed by atoms with Crippen molar-refractivity contribution in [2.24, 2.45) is 17.8 Å². The maximum atomic E-state index is 4.11. The summed E-state index contributed by atoms with van der Waals surface area (Å²) in [5.41, 5.74) is 5.26. The molecule has 0 saturated heterocycles. The highest BCUT2D eigenvalue weighted by molar-refractivity contribution is 5.46. The van der Waals surface area contributed by atoms with E-state index in [0.29, 0.717) is 17.8 Å². The summed E-state index contributed by atoms with van der Waals surface area (Å²) in [5.74, 6) is 1.69.